The summed E-state index contributed by atoms with van der Waals surface area (Å²) in [7, 11) is 0. The zero-order valence-corrected chi connectivity index (χ0v) is 46.3. The van der Waals surface area contributed by atoms with E-state index in [-0.39, 0.29) is 72.6 Å². The molecule has 29 heteroatoms. The van der Waals surface area contributed by atoms with Gasteiger partial charge in [0.2, 0.25) is 0 Å². The van der Waals surface area contributed by atoms with E-state index in [1.54, 1.807) is 0 Å². The minimum absolute atomic E-state index is 0.101. The highest BCUT2D eigenvalue weighted by molar-refractivity contribution is 14.1. The maximum Gasteiger partial charge on any atom is 0.304 e. The van der Waals surface area contributed by atoms with Crippen LogP contribution in [0.4, 0.5) is 11.4 Å². The number of rotatable bonds is 22. The van der Waals surface area contributed by atoms with Crippen LogP contribution in [-0.2, 0) is 9.59 Å². The number of amides is 4. The van der Waals surface area contributed by atoms with E-state index in [1.165, 1.54) is 11.8 Å². The van der Waals surface area contributed by atoms with Crippen LogP contribution in [0.15, 0.2) is 0 Å². The van der Waals surface area contributed by atoms with E-state index in [4.69, 9.17) is 42.1 Å². The summed E-state index contributed by atoms with van der Waals surface area (Å²) >= 11 is 12.7. The highest BCUT2D eigenvalue weighted by Crippen LogP contribution is 2.35. The van der Waals surface area contributed by atoms with Crippen LogP contribution in [0.25, 0.3) is 0 Å². The smallest absolute Gasteiger partial charge is 0.304 e. The number of carbonyl (C=O) groups excluding carboxylic acids is 4. The number of halogens is 6. The molecular weight excluding hydrogens is 1540 g/mol. The number of carbonyl (C=O) groups is 6. The molecule has 4 atom stereocenters. The first kappa shape index (κ1) is 62.3. The quantitative estimate of drug-likeness (QED) is 0.0388. The van der Waals surface area contributed by atoms with Gasteiger partial charge in [0, 0.05) is 44.8 Å². The Balaban J connectivity index is 0.000000991. The number of carboxylic acids is 2. The van der Waals surface area contributed by atoms with E-state index in [1.807, 2.05) is 136 Å². The first-order chi connectivity index (χ1) is 29.4. The normalized spacial score (nSPS) is 12.5. The van der Waals surface area contributed by atoms with E-state index in [0.717, 1.165) is 0 Å². The SMILES string of the molecule is Nc1c(I)c(C(=O)NCC(O)CO)c(I)c(C(=O)NCC(O)CO)c1I.Nc1c(I)c(C(=O)NCC(O)CO)c(I)c(C(=O)NCC(O)CO)c1I.O=C(O)CCSCCC(=O)O. The summed E-state index contributed by atoms with van der Waals surface area (Å²) in [5, 5.41) is 99.2. The fourth-order valence-corrected chi connectivity index (χ4v) is 13.2. The third-order valence-corrected chi connectivity index (χ3v) is 15.0. The summed E-state index contributed by atoms with van der Waals surface area (Å²) in [6.45, 7) is -2.60. The summed E-state index contributed by atoms with van der Waals surface area (Å²) < 4.78 is 2.55. The largest absolute Gasteiger partial charge is 0.481 e. The van der Waals surface area contributed by atoms with E-state index in [9.17, 15) is 49.2 Å². The molecule has 22 nitrogen and oxygen atoms in total. The maximum atomic E-state index is 12.5. The second-order valence-corrected chi connectivity index (χ2v) is 20.0. The zero-order chi connectivity index (χ0) is 48.7. The predicted octanol–water partition coefficient (Wildman–Crippen LogP) is -0.834. The Labute approximate surface area is 446 Å². The molecule has 2 rings (SSSR count). The van der Waals surface area contributed by atoms with Crippen LogP contribution in [0.1, 0.15) is 54.3 Å². The van der Waals surface area contributed by atoms with Crippen molar-refractivity contribution >= 4 is 194 Å². The average molecular weight is 1590 g/mol. The third kappa shape index (κ3) is 21.8. The third-order valence-electron chi connectivity index (χ3n) is 7.37. The summed E-state index contributed by atoms with van der Waals surface area (Å²) in [5.41, 5.74) is 13.3. The van der Waals surface area contributed by atoms with Crippen LogP contribution in [0, 0.1) is 21.4 Å². The molecule has 4 amide bonds. The molecule has 0 spiro atoms. The van der Waals surface area contributed by atoms with Crippen molar-refractivity contribution in [3.05, 3.63) is 43.7 Å². The molecule has 63 heavy (non-hydrogen) atoms. The molecule has 0 aliphatic rings. The van der Waals surface area contributed by atoms with Crippen LogP contribution in [0.3, 0.4) is 0 Å². The van der Waals surface area contributed by atoms with Crippen molar-refractivity contribution in [2.24, 2.45) is 0 Å². The lowest BCUT2D eigenvalue weighted by Crippen LogP contribution is -2.37. The van der Waals surface area contributed by atoms with Crippen LogP contribution in [-0.4, -0.2) is 175 Å². The summed E-state index contributed by atoms with van der Waals surface area (Å²) in [6.07, 6.45) is -4.19. The Hall–Kier alpha value is -0.730. The summed E-state index contributed by atoms with van der Waals surface area (Å²) in [5.74, 6) is -2.87. The monoisotopic (exact) mass is 1590 g/mol. The van der Waals surface area contributed by atoms with E-state index in [0.29, 0.717) is 32.9 Å². The summed E-state index contributed by atoms with van der Waals surface area (Å²) in [4.78, 5) is 69.9. The minimum atomic E-state index is -1.10. The first-order valence-corrected chi connectivity index (χ1v) is 25.3. The van der Waals surface area contributed by atoms with E-state index in [2.05, 4.69) is 21.3 Å². The molecule has 2 aromatic rings. The van der Waals surface area contributed by atoms with Gasteiger partial charge in [-0.25, -0.2) is 0 Å². The average Bonchev–Trinajstić information content (AvgIpc) is 3.24. The van der Waals surface area contributed by atoms with Gasteiger partial charge in [-0.15, -0.1) is 0 Å². The van der Waals surface area contributed by atoms with Crippen LogP contribution >= 0.6 is 147 Å². The topological polar surface area (TPSA) is 405 Å². The molecule has 0 aromatic heterocycles. The molecule has 0 bridgehead atoms. The van der Waals surface area contributed by atoms with Gasteiger partial charge in [0.05, 0.1) is 112 Å². The fourth-order valence-electron chi connectivity index (χ4n) is 4.04. The van der Waals surface area contributed by atoms with Gasteiger partial charge in [-0.2, -0.15) is 11.8 Å². The molecule has 0 aliphatic carbocycles. The lowest BCUT2D eigenvalue weighted by atomic mass is 10.1. The number of carboxylic acid groups (broad SMARTS) is 2. The molecule has 0 heterocycles. The molecule has 0 aliphatic heterocycles. The Morgan fingerprint density at radius 3 is 0.825 bits per heavy atom. The number of aliphatic hydroxyl groups is 8. The van der Waals surface area contributed by atoms with Gasteiger partial charge in [-0.05, 0) is 136 Å². The fraction of sp³-hybridized carbons (Fsp3) is 0.471. The number of aliphatic hydroxyl groups excluding tert-OH is 8. The molecule has 4 unspecified atom stereocenters. The van der Waals surface area contributed by atoms with Crippen LogP contribution in [0.5, 0.6) is 0 Å². The van der Waals surface area contributed by atoms with Gasteiger partial charge in [-0.3, -0.25) is 28.8 Å². The number of nitrogen functional groups attached to an aromatic ring is 2. The molecule has 0 saturated carbocycles. The predicted molar refractivity (Wildman–Crippen MR) is 282 cm³/mol. The second kappa shape index (κ2) is 32.9. The Kier molecular flexibility index (Phi) is 32.5. The maximum absolute atomic E-state index is 12.5. The first-order valence-electron chi connectivity index (χ1n) is 17.6. The van der Waals surface area contributed by atoms with E-state index >= 15 is 0 Å². The van der Waals surface area contributed by atoms with Crippen molar-refractivity contribution in [3.63, 3.8) is 0 Å². The number of nitrogens with two attached hydrogens (primary N) is 2. The van der Waals surface area contributed by atoms with Crippen molar-refractivity contribution < 1.29 is 79.8 Å². The lowest BCUT2D eigenvalue weighted by molar-refractivity contribution is -0.137. The van der Waals surface area contributed by atoms with Gasteiger partial charge in [0.15, 0.2) is 0 Å². The Morgan fingerprint density at radius 2 is 0.651 bits per heavy atom. The Morgan fingerprint density at radius 1 is 0.444 bits per heavy atom. The second-order valence-electron chi connectivity index (χ2n) is 12.3. The van der Waals surface area contributed by atoms with Crippen molar-refractivity contribution in [1.29, 1.82) is 0 Å². The molecule has 0 saturated heterocycles. The number of nitrogens with one attached hydrogen (secondary N) is 4. The molecule has 0 fully saturated rings. The summed E-state index contributed by atoms with van der Waals surface area (Å²) in [6, 6.07) is 0. The molecule has 0 radical (unpaired) electrons. The number of benzene rings is 2. The zero-order valence-electron chi connectivity index (χ0n) is 32.5. The van der Waals surface area contributed by atoms with Crippen molar-refractivity contribution in [2.45, 2.75) is 37.3 Å². The van der Waals surface area contributed by atoms with Crippen molar-refractivity contribution in [3.8, 4) is 0 Å². The van der Waals surface area contributed by atoms with Gasteiger partial charge < -0.3 is 83.8 Å². The Bertz CT molecular complexity index is 1670. The van der Waals surface area contributed by atoms with Crippen molar-refractivity contribution in [2.75, 3.05) is 75.6 Å². The minimum Gasteiger partial charge on any atom is -0.481 e. The van der Waals surface area contributed by atoms with Gasteiger partial charge in [0.25, 0.3) is 23.6 Å². The van der Waals surface area contributed by atoms with E-state index < -0.39 is 86.4 Å². The number of aliphatic carboxylic acids is 2. The van der Waals surface area contributed by atoms with Crippen LogP contribution < -0.4 is 32.7 Å². The van der Waals surface area contributed by atoms with Gasteiger partial charge in [0.1, 0.15) is 0 Å². The number of hydrogen-bond donors (Lipinski definition) is 16. The van der Waals surface area contributed by atoms with Gasteiger partial charge in [-0.1, -0.05) is 0 Å². The molecule has 2 aromatic carbocycles. The number of hydrogen-bond acceptors (Lipinski definition) is 17. The van der Waals surface area contributed by atoms with Gasteiger partial charge >= 0.3 is 11.9 Å². The molecular formula is C34H46I6N6O16S. The number of anilines is 2. The molecule has 356 valence electrons. The van der Waals surface area contributed by atoms with Crippen LogP contribution in [0.2, 0.25) is 0 Å². The molecule has 18 N–H and O–H groups in total. The number of thioether (sulfide) groups is 1. The van der Waals surface area contributed by atoms with Crippen molar-refractivity contribution in [1.82, 2.24) is 21.3 Å². The lowest BCUT2D eigenvalue weighted by Gasteiger charge is -2.18. The highest BCUT2D eigenvalue weighted by Gasteiger charge is 2.29. The standard InChI is InChI=1S/2C14H18I3N3O6.C6H10O4S/c2*15-9-7(13(25)19-1-5(23)3-21)10(16)12(18)11(17)8(9)14(26)20-2-6(24)4-22;7-5(8)1-3-11-4-2-6(9)10/h2*5-6,21-24H,1-4,18H2,(H,19,25)(H,20,26);1-4H2,(H,7,8)(H,9,10). The highest BCUT2D eigenvalue weighted by atomic mass is 127.